The predicted octanol–water partition coefficient (Wildman–Crippen LogP) is 3.21. The second-order valence-corrected chi connectivity index (χ2v) is 6.54. The van der Waals surface area contributed by atoms with Crippen molar-refractivity contribution >= 4 is 22.8 Å². The minimum Gasteiger partial charge on any atom is -0.467 e. The molecular formula is C19H16N2O2S. The van der Waals surface area contributed by atoms with Crippen molar-refractivity contribution in [1.29, 1.82) is 5.26 Å². The Labute approximate surface area is 145 Å². The molecule has 120 valence electrons. The number of benzene rings is 2. The number of carbonyl (C=O) groups excluding carboxylic acids is 1. The van der Waals surface area contributed by atoms with Crippen LogP contribution in [-0.2, 0) is 16.0 Å². The van der Waals surface area contributed by atoms with Crippen LogP contribution in [-0.4, -0.2) is 29.4 Å². The average Bonchev–Trinajstić information content (AvgIpc) is 3.08. The lowest BCUT2D eigenvalue weighted by Crippen LogP contribution is -2.40. The van der Waals surface area contributed by atoms with Gasteiger partial charge in [0.15, 0.2) is 5.54 Å². The van der Waals surface area contributed by atoms with Crippen molar-refractivity contribution < 1.29 is 9.53 Å². The maximum atomic E-state index is 12.4. The number of thioether (sulfide) groups is 1. The van der Waals surface area contributed by atoms with Crippen molar-refractivity contribution in [3.63, 3.8) is 0 Å². The lowest BCUT2D eigenvalue weighted by atomic mass is 9.92. The van der Waals surface area contributed by atoms with Gasteiger partial charge in [-0.3, -0.25) is 4.99 Å². The molecule has 0 radical (unpaired) electrons. The fourth-order valence-electron chi connectivity index (χ4n) is 2.67. The molecule has 0 bridgehead atoms. The lowest BCUT2D eigenvalue weighted by molar-refractivity contribution is -0.145. The number of esters is 1. The summed E-state index contributed by atoms with van der Waals surface area (Å²) >= 11 is 1.57. The Kier molecular flexibility index (Phi) is 4.68. The molecule has 0 saturated carbocycles. The summed E-state index contributed by atoms with van der Waals surface area (Å²) < 4.78 is 5.03. The quantitative estimate of drug-likeness (QED) is 0.804. The highest BCUT2D eigenvalue weighted by Crippen LogP contribution is 2.35. The van der Waals surface area contributed by atoms with E-state index in [0.717, 1.165) is 16.2 Å². The zero-order valence-electron chi connectivity index (χ0n) is 13.2. The van der Waals surface area contributed by atoms with E-state index in [4.69, 9.17) is 15.0 Å². The van der Waals surface area contributed by atoms with Crippen LogP contribution in [0.15, 0.2) is 59.6 Å². The predicted molar refractivity (Wildman–Crippen MR) is 95.0 cm³/mol. The number of hydrogen-bond donors (Lipinski definition) is 0. The van der Waals surface area contributed by atoms with Crippen molar-refractivity contribution in [3.8, 4) is 6.07 Å². The number of nitriles is 1. The highest BCUT2D eigenvalue weighted by Gasteiger charge is 2.44. The molecule has 0 unspecified atom stereocenters. The minimum atomic E-state index is -0.918. The van der Waals surface area contributed by atoms with Gasteiger partial charge >= 0.3 is 5.97 Å². The topological polar surface area (TPSA) is 62.5 Å². The number of carbonyl (C=O) groups is 1. The van der Waals surface area contributed by atoms with E-state index >= 15 is 0 Å². The van der Waals surface area contributed by atoms with Gasteiger partial charge in [0, 0.05) is 17.7 Å². The van der Waals surface area contributed by atoms with E-state index in [0.29, 0.717) is 17.7 Å². The average molecular weight is 336 g/mol. The number of hydrogen-bond acceptors (Lipinski definition) is 5. The molecule has 0 saturated heterocycles. The number of ether oxygens (including phenoxy) is 1. The van der Waals surface area contributed by atoms with Gasteiger partial charge in [-0.15, -0.1) is 11.8 Å². The van der Waals surface area contributed by atoms with Gasteiger partial charge in [-0.05, 0) is 17.7 Å². The third kappa shape index (κ3) is 3.19. The Bertz CT molecular complexity index is 810. The molecule has 0 N–H and O–H groups in total. The van der Waals surface area contributed by atoms with Crippen molar-refractivity contribution in [2.24, 2.45) is 4.99 Å². The molecule has 2 aromatic carbocycles. The van der Waals surface area contributed by atoms with Gasteiger partial charge in [-0.1, -0.05) is 42.5 Å². The van der Waals surface area contributed by atoms with Crippen LogP contribution in [0.1, 0.15) is 16.7 Å². The van der Waals surface area contributed by atoms with E-state index in [1.54, 1.807) is 23.9 Å². The van der Waals surface area contributed by atoms with E-state index in [-0.39, 0.29) is 5.97 Å². The van der Waals surface area contributed by atoms with Gasteiger partial charge in [0.05, 0.1) is 23.8 Å². The summed E-state index contributed by atoms with van der Waals surface area (Å²) in [6.45, 7) is 0. The van der Waals surface area contributed by atoms with Crippen LogP contribution in [0.2, 0.25) is 0 Å². The first kappa shape index (κ1) is 16.3. The normalized spacial score (nSPS) is 19.4. The van der Waals surface area contributed by atoms with Gasteiger partial charge in [0.2, 0.25) is 0 Å². The first-order valence-electron chi connectivity index (χ1n) is 7.52. The van der Waals surface area contributed by atoms with Gasteiger partial charge in [0.1, 0.15) is 0 Å². The van der Waals surface area contributed by atoms with Crippen LogP contribution < -0.4 is 0 Å². The molecule has 2 aromatic rings. The van der Waals surface area contributed by atoms with Crippen molar-refractivity contribution in [1.82, 2.24) is 0 Å². The van der Waals surface area contributed by atoms with Crippen LogP contribution in [0.4, 0.5) is 0 Å². The van der Waals surface area contributed by atoms with Crippen LogP contribution >= 0.6 is 11.8 Å². The summed E-state index contributed by atoms with van der Waals surface area (Å²) in [6, 6.07) is 19.2. The number of rotatable bonds is 4. The van der Waals surface area contributed by atoms with E-state index in [9.17, 15) is 4.79 Å². The molecule has 24 heavy (non-hydrogen) atoms. The Morgan fingerprint density at radius 3 is 2.58 bits per heavy atom. The van der Waals surface area contributed by atoms with Gasteiger partial charge < -0.3 is 4.74 Å². The van der Waals surface area contributed by atoms with Crippen LogP contribution in [0.5, 0.6) is 0 Å². The highest BCUT2D eigenvalue weighted by molar-refractivity contribution is 8.14. The second-order valence-electron chi connectivity index (χ2n) is 5.58. The first-order chi connectivity index (χ1) is 11.7. The van der Waals surface area contributed by atoms with Crippen molar-refractivity contribution in [3.05, 3.63) is 71.3 Å². The highest BCUT2D eigenvalue weighted by atomic mass is 32.2. The van der Waals surface area contributed by atoms with Crippen molar-refractivity contribution in [2.45, 2.75) is 12.0 Å². The fraction of sp³-hybridized carbons (Fsp3) is 0.211. The number of aliphatic imine (C=N–C) groups is 1. The molecule has 0 aliphatic carbocycles. The summed E-state index contributed by atoms with van der Waals surface area (Å²) in [4.78, 5) is 17.2. The lowest BCUT2D eigenvalue weighted by Gasteiger charge is -2.22. The van der Waals surface area contributed by atoms with Crippen LogP contribution in [0, 0.1) is 11.3 Å². The van der Waals surface area contributed by atoms with Crippen LogP contribution in [0.3, 0.4) is 0 Å². The number of nitrogens with zero attached hydrogens (tertiary/aromatic N) is 2. The third-order valence-corrected chi connectivity index (χ3v) is 5.15. The maximum absolute atomic E-state index is 12.4. The summed E-state index contributed by atoms with van der Waals surface area (Å²) in [5.74, 6) is 0.217. The molecule has 0 aromatic heterocycles. The summed E-state index contributed by atoms with van der Waals surface area (Å²) in [7, 11) is 1.39. The molecule has 0 spiro atoms. The maximum Gasteiger partial charge on any atom is 0.335 e. The first-order valence-corrected chi connectivity index (χ1v) is 8.51. The Morgan fingerprint density at radius 1 is 1.25 bits per heavy atom. The summed E-state index contributed by atoms with van der Waals surface area (Å²) in [5, 5.41) is 9.76. The van der Waals surface area contributed by atoms with Gasteiger partial charge in [-0.2, -0.15) is 5.26 Å². The Morgan fingerprint density at radius 2 is 1.96 bits per heavy atom. The standard InChI is InChI=1S/C19H16N2O2S/c1-23-18(22)19(11-14-7-9-15(12-20)10-8-14)13-24-17(21-19)16-5-3-2-4-6-16/h2-10H,11,13H2,1H3/t19-/m0/s1. The monoisotopic (exact) mass is 336 g/mol. The Balaban J connectivity index is 1.93. The number of methoxy groups -OCH3 is 1. The molecule has 1 heterocycles. The van der Waals surface area contributed by atoms with Gasteiger partial charge in [0.25, 0.3) is 0 Å². The Hall–Kier alpha value is -2.58. The van der Waals surface area contributed by atoms with E-state index in [1.165, 1.54) is 7.11 Å². The second kappa shape index (κ2) is 6.90. The molecule has 3 rings (SSSR count). The third-order valence-electron chi connectivity index (χ3n) is 3.93. The van der Waals surface area contributed by atoms with E-state index in [1.807, 2.05) is 42.5 Å². The molecular weight excluding hydrogens is 320 g/mol. The largest absolute Gasteiger partial charge is 0.467 e. The SMILES string of the molecule is COC(=O)[C@]1(Cc2ccc(C#N)cc2)CSC(c2ccccc2)=N1. The van der Waals surface area contributed by atoms with E-state index in [2.05, 4.69) is 6.07 Å². The zero-order chi connectivity index (χ0) is 17.0. The van der Waals surface area contributed by atoms with Crippen molar-refractivity contribution in [2.75, 3.05) is 12.9 Å². The molecule has 0 fully saturated rings. The van der Waals surface area contributed by atoms with E-state index < -0.39 is 5.54 Å². The zero-order valence-corrected chi connectivity index (χ0v) is 14.0. The molecule has 1 atom stereocenters. The smallest absolute Gasteiger partial charge is 0.335 e. The molecule has 4 nitrogen and oxygen atoms in total. The minimum absolute atomic E-state index is 0.328. The summed E-state index contributed by atoms with van der Waals surface area (Å²) in [6.07, 6.45) is 0.453. The molecule has 1 aliphatic heterocycles. The van der Waals surface area contributed by atoms with Gasteiger partial charge in [-0.25, -0.2) is 4.79 Å². The fourth-order valence-corrected chi connectivity index (χ4v) is 3.87. The molecule has 1 aliphatic rings. The van der Waals surface area contributed by atoms with Crippen LogP contribution in [0.25, 0.3) is 0 Å². The summed E-state index contributed by atoms with van der Waals surface area (Å²) in [5.41, 5.74) is 1.64. The molecule has 5 heteroatoms. The molecule has 0 amide bonds.